The Balaban J connectivity index is 2.29. The SMILES string of the molecule is O=P1(O)CCCNC1c1cccnc1. The monoisotopic (exact) mass is 212 g/mol. The molecule has 1 aromatic heterocycles. The number of pyridine rings is 1. The summed E-state index contributed by atoms with van der Waals surface area (Å²) in [6.45, 7) is 0.796. The van der Waals surface area contributed by atoms with Crippen molar-refractivity contribution in [1.29, 1.82) is 0 Å². The van der Waals surface area contributed by atoms with Gasteiger partial charge in [-0.1, -0.05) is 6.07 Å². The second-order valence-corrected chi connectivity index (χ2v) is 5.95. The Kier molecular flexibility index (Phi) is 2.68. The fourth-order valence-corrected chi connectivity index (χ4v) is 3.61. The minimum atomic E-state index is -3.07. The average molecular weight is 212 g/mol. The van der Waals surface area contributed by atoms with Crippen molar-refractivity contribution in [1.82, 2.24) is 10.3 Å². The van der Waals surface area contributed by atoms with Gasteiger partial charge in [0.2, 0.25) is 7.37 Å². The lowest BCUT2D eigenvalue weighted by atomic mass is 10.3. The zero-order valence-corrected chi connectivity index (χ0v) is 8.65. The number of aromatic nitrogens is 1. The fraction of sp³-hybridized carbons (Fsp3) is 0.444. The van der Waals surface area contributed by atoms with Gasteiger partial charge >= 0.3 is 0 Å². The van der Waals surface area contributed by atoms with Crippen LogP contribution in [0.5, 0.6) is 0 Å². The number of hydrogen-bond donors (Lipinski definition) is 2. The van der Waals surface area contributed by atoms with Crippen LogP contribution in [0.2, 0.25) is 0 Å². The summed E-state index contributed by atoms with van der Waals surface area (Å²) in [5, 5.41) is 3.07. The van der Waals surface area contributed by atoms with Gasteiger partial charge in [-0.15, -0.1) is 0 Å². The molecule has 0 aromatic carbocycles. The molecule has 1 aliphatic rings. The molecule has 2 unspecified atom stereocenters. The van der Waals surface area contributed by atoms with Gasteiger partial charge in [0.25, 0.3) is 0 Å². The van der Waals surface area contributed by atoms with Crippen LogP contribution in [0.15, 0.2) is 24.5 Å². The number of hydrogen-bond acceptors (Lipinski definition) is 3. The normalized spacial score (nSPS) is 32.8. The summed E-state index contributed by atoms with van der Waals surface area (Å²) < 4.78 is 11.8. The van der Waals surface area contributed by atoms with Gasteiger partial charge in [0.1, 0.15) is 5.78 Å². The van der Waals surface area contributed by atoms with Crippen molar-refractivity contribution >= 4 is 7.37 Å². The van der Waals surface area contributed by atoms with Crippen LogP contribution in [0.3, 0.4) is 0 Å². The zero-order chi connectivity index (χ0) is 10.0. The third-order valence-corrected chi connectivity index (χ3v) is 4.64. The maximum absolute atomic E-state index is 11.8. The molecule has 76 valence electrons. The maximum Gasteiger partial charge on any atom is 0.221 e. The quantitative estimate of drug-likeness (QED) is 0.689. The molecule has 2 atom stereocenters. The first kappa shape index (κ1) is 9.84. The van der Waals surface area contributed by atoms with Gasteiger partial charge in [-0.3, -0.25) is 9.55 Å². The molecule has 0 aliphatic carbocycles. The van der Waals surface area contributed by atoms with Crippen molar-refractivity contribution in [3.63, 3.8) is 0 Å². The Morgan fingerprint density at radius 2 is 2.50 bits per heavy atom. The second-order valence-electron chi connectivity index (χ2n) is 3.48. The van der Waals surface area contributed by atoms with Gasteiger partial charge in [0, 0.05) is 18.6 Å². The van der Waals surface area contributed by atoms with Gasteiger partial charge < -0.3 is 10.2 Å². The molecule has 0 bridgehead atoms. The van der Waals surface area contributed by atoms with Gasteiger partial charge in [-0.2, -0.15) is 0 Å². The first-order valence-corrected chi connectivity index (χ1v) is 6.56. The van der Waals surface area contributed by atoms with Crippen molar-refractivity contribution in [3.8, 4) is 0 Å². The van der Waals surface area contributed by atoms with Crippen molar-refractivity contribution in [2.24, 2.45) is 0 Å². The average Bonchev–Trinajstić information content (AvgIpc) is 2.18. The molecular weight excluding hydrogens is 199 g/mol. The highest BCUT2D eigenvalue weighted by Gasteiger charge is 2.34. The fourth-order valence-electron chi connectivity index (χ4n) is 1.70. The van der Waals surface area contributed by atoms with Crippen LogP contribution in [0.4, 0.5) is 0 Å². The summed E-state index contributed by atoms with van der Waals surface area (Å²) in [5.41, 5.74) is 0.804. The zero-order valence-electron chi connectivity index (χ0n) is 7.76. The van der Waals surface area contributed by atoms with Crippen molar-refractivity contribution < 1.29 is 9.46 Å². The Morgan fingerprint density at radius 1 is 1.64 bits per heavy atom. The highest BCUT2D eigenvalue weighted by atomic mass is 31.2. The van der Waals surface area contributed by atoms with E-state index in [0.29, 0.717) is 6.16 Å². The Hall–Kier alpha value is -0.700. The molecule has 2 N–H and O–H groups in total. The van der Waals surface area contributed by atoms with Crippen molar-refractivity contribution in [3.05, 3.63) is 30.1 Å². The molecule has 1 saturated heterocycles. The molecule has 14 heavy (non-hydrogen) atoms. The van der Waals surface area contributed by atoms with E-state index in [1.54, 1.807) is 18.5 Å². The number of nitrogens with one attached hydrogen (secondary N) is 1. The topological polar surface area (TPSA) is 62.2 Å². The smallest absolute Gasteiger partial charge is 0.221 e. The molecular formula is C9H13N2O2P. The molecule has 4 nitrogen and oxygen atoms in total. The van der Waals surface area contributed by atoms with Gasteiger partial charge in [0.05, 0.1) is 0 Å². The lowest BCUT2D eigenvalue weighted by Gasteiger charge is -2.28. The van der Waals surface area contributed by atoms with E-state index in [9.17, 15) is 9.46 Å². The summed E-state index contributed by atoms with van der Waals surface area (Å²) in [6, 6.07) is 3.62. The molecule has 1 aliphatic heterocycles. The highest BCUT2D eigenvalue weighted by Crippen LogP contribution is 2.55. The number of rotatable bonds is 1. The molecule has 0 radical (unpaired) electrons. The summed E-state index contributed by atoms with van der Waals surface area (Å²) >= 11 is 0. The molecule has 0 amide bonds. The third-order valence-electron chi connectivity index (χ3n) is 2.40. The lowest BCUT2D eigenvalue weighted by Crippen LogP contribution is -2.29. The second kappa shape index (κ2) is 3.81. The molecule has 5 heteroatoms. The van der Waals surface area contributed by atoms with Crippen LogP contribution in [-0.2, 0) is 4.57 Å². The van der Waals surface area contributed by atoms with Crippen LogP contribution in [0.1, 0.15) is 17.8 Å². The lowest BCUT2D eigenvalue weighted by molar-refractivity contribution is 0.430. The van der Waals surface area contributed by atoms with Crippen molar-refractivity contribution in [2.45, 2.75) is 12.2 Å². The van der Waals surface area contributed by atoms with E-state index >= 15 is 0 Å². The predicted octanol–water partition coefficient (Wildman–Crippen LogP) is 1.34. The predicted molar refractivity (Wildman–Crippen MR) is 54.3 cm³/mol. The third kappa shape index (κ3) is 1.87. The first-order chi connectivity index (χ1) is 6.70. The van der Waals surface area contributed by atoms with Crippen molar-refractivity contribution in [2.75, 3.05) is 12.7 Å². The molecule has 0 spiro atoms. The molecule has 1 aromatic rings. The Morgan fingerprint density at radius 3 is 3.14 bits per heavy atom. The van der Waals surface area contributed by atoms with Crippen LogP contribution in [0.25, 0.3) is 0 Å². The highest BCUT2D eigenvalue weighted by molar-refractivity contribution is 7.58. The summed E-state index contributed by atoms with van der Waals surface area (Å²) in [7, 11) is -3.07. The van der Waals surface area contributed by atoms with E-state index in [-0.39, 0.29) is 0 Å². The van der Waals surface area contributed by atoms with Crippen LogP contribution in [-0.4, -0.2) is 22.6 Å². The van der Waals surface area contributed by atoms with Crippen LogP contribution in [0, 0.1) is 0 Å². The number of nitrogens with zero attached hydrogens (tertiary/aromatic N) is 1. The minimum absolute atomic E-state index is 0.402. The molecule has 2 heterocycles. The summed E-state index contributed by atoms with van der Waals surface area (Å²) in [5.74, 6) is -0.426. The van der Waals surface area contributed by atoms with Crippen LogP contribution < -0.4 is 5.32 Å². The maximum atomic E-state index is 11.8. The first-order valence-electron chi connectivity index (χ1n) is 4.65. The standard InChI is InChI=1S/C9H13N2O2P/c12-14(13)6-2-5-11-9(14)8-3-1-4-10-7-8/h1,3-4,7,9,11H,2,5-6H2,(H,12,13). The van der Waals surface area contributed by atoms with Gasteiger partial charge in [0.15, 0.2) is 0 Å². The Bertz CT molecular complexity index is 355. The largest absolute Gasteiger partial charge is 0.343 e. The van der Waals surface area contributed by atoms with E-state index in [4.69, 9.17) is 0 Å². The molecule has 0 saturated carbocycles. The summed E-state index contributed by atoms with van der Waals surface area (Å²) in [6.07, 6.45) is 4.48. The van der Waals surface area contributed by atoms with E-state index in [0.717, 1.165) is 18.5 Å². The van der Waals surface area contributed by atoms with E-state index < -0.39 is 13.2 Å². The van der Waals surface area contributed by atoms with E-state index in [1.807, 2.05) is 6.07 Å². The van der Waals surface area contributed by atoms with Gasteiger partial charge in [-0.05, 0) is 24.6 Å². The minimum Gasteiger partial charge on any atom is -0.343 e. The summed E-state index contributed by atoms with van der Waals surface area (Å²) in [4.78, 5) is 13.7. The molecule has 2 rings (SSSR count). The van der Waals surface area contributed by atoms with E-state index in [2.05, 4.69) is 10.3 Å². The van der Waals surface area contributed by atoms with Gasteiger partial charge in [-0.25, -0.2) is 0 Å². The van der Waals surface area contributed by atoms with E-state index in [1.165, 1.54) is 0 Å². The Labute approximate surface area is 82.8 Å². The molecule has 1 fully saturated rings. The van der Waals surface area contributed by atoms with Crippen LogP contribution >= 0.6 is 7.37 Å².